The van der Waals surface area contributed by atoms with Crippen molar-refractivity contribution in [2.24, 2.45) is 0 Å². The summed E-state index contributed by atoms with van der Waals surface area (Å²) in [7, 11) is 0. The van der Waals surface area contributed by atoms with Crippen LogP contribution in [-0.2, 0) is 19.0 Å². The topological polar surface area (TPSA) is 44.8 Å². The Labute approximate surface area is 104 Å². The van der Waals surface area contributed by atoms with Crippen LogP contribution in [-0.4, -0.2) is 32.1 Å². The summed E-state index contributed by atoms with van der Waals surface area (Å²) in [5.74, 6) is -0.323. The molecule has 0 rings (SSSR count). The van der Waals surface area contributed by atoms with Crippen LogP contribution in [0.5, 0.6) is 0 Å². The molecule has 0 fully saturated rings. The third-order valence-electron chi connectivity index (χ3n) is 2.12. The highest BCUT2D eigenvalue weighted by atomic mass is 16.7. The predicted octanol–water partition coefficient (Wildman–Crippen LogP) is 2.68. The molecule has 0 saturated carbocycles. The van der Waals surface area contributed by atoms with Crippen LogP contribution in [0.25, 0.3) is 0 Å². The van der Waals surface area contributed by atoms with Crippen LogP contribution in [0.15, 0.2) is 12.2 Å². The van der Waals surface area contributed by atoms with Gasteiger partial charge in [-0.05, 0) is 40.0 Å². The van der Waals surface area contributed by atoms with Gasteiger partial charge in [0.1, 0.15) is 0 Å². The lowest BCUT2D eigenvalue weighted by Gasteiger charge is -2.16. The van der Waals surface area contributed by atoms with Gasteiger partial charge in [0.2, 0.25) is 0 Å². The first kappa shape index (κ1) is 16.1. The van der Waals surface area contributed by atoms with Crippen LogP contribution in [0, 0.1) is 0 Å². The van der Waals surface area contributed by atoms with Gasteiger partial charge in [0.15, 0.2) is 6.29 Å². The van der Waals surface area contributed by atoms with E-state index in [-0.39, 0.29) is 12.3 Å². The molecule has 0 spiro atoms. The smallest absolute Gasteiger partial charge is 0.333 e. The number of unbranched alkanes of at least 4 members (excludes halogenated alkanes) is 1. The molecule has 0 atom stereocenters. The Balaban J connectivity index is 3.54. The van der Waals surface area contributed by atoms with Crippen LogP contribution in [0.3, 0.4) is 0 Å². The summed E-state index contributed by atoms with van der Waals surface area (Å²) < 4.78 is 15.8. The van der Waals surface area contributed by atoms with Crippen molar-refractivity contribution in [2.45, 2.75) is 46.3 Å². The summed E-state index contributed by atoms with van der Waals surface area (Å²) in [6.07, 6.45) is 2.41. The van der Waals surface area contributed by atoms with Gasteiger partial charge in [-0.25, -0.2) is 4.79 Å². The Morgan fingerprint density at radius 3 is 2.24 bits per heavy atom. The van der Waals surface area contributed by atoms with Gasteiger partial charge in [0.05, 0.1) is 6.61 Å². The van der Waals surface area contributed by atoms with E-state index in [1.807, 2.05) is 13.8 Å². The monoisotopic (exact) mass is 244 g/mol. The second-order valence-corrected chi connectivity index (χ2v) is 3.75. The molecule has 0 aromatic heterocycles. The molecule has 0 aliphatic carbocycles. The standard InChI is InChI=1S/C13H24O4/c1-5-15-12(16-6-2)9-7-8-10-17-13(14)11(3)4/h12H,3,5-10H2,1-2,4H3. The summed E-state index contributed by atoms with van der Waals surface area (Å²) in [5, 5.41) is 0. The summed E-state index contributed by atoms with van der Waals surface area (Å²) in [4.78, 5) is 11.1. The Kier molecular flexibility index (Phi) is 9.77. The molecule has 0 N–H and O–H groups in total. The predicted molar refractivity (Wildman–Crippen MR) is 66.7 cm³/mol. The van der Waals surface area contributed by atoms with Crippen molar-refractivity contribution >= 4 is 5.97 Å². The van der Waals surface area contributed by atoms with Gasteiger partial charge in [-0.1, -0.05) is 6.58 Å². The van der Waals surface area contributed by atoms with Crippen molar-refractivity contribution in [2.75, 3.05) is 19.8 Å². The van der Waals surface area contributed by atoms with E-state index in [9.17, 15) is 4.79 Å². The minimum Gasteiger partial charge on any atom is -0.462 e. The van der Waals surface area contributed by atoms with E-state index in [2.05, 4.69) is 6.58 Å². The average Bonchev–Trinajstić information content (AvgIpc) is 2.28. The molecule has 17 heavy (non-hydrogen) atoms. The molecule has 0 aromatic carbocycles. The molecule has 0 aromatic rings. The summed E-state index contributed by atoms with van der Waals surface area (Å²) in [6, 6.07) is 0. The van der Waals surface area contributed by atoms with Gasteiger partial charge < -0.3 is 14.2 Å². The second kappa shape index (κ2) is 10.3. The molecular weight excluding hydrogens is 220 g/mol. The number of hydrogen-bond donors (Lipinski definition) is 0. The number of rotatable bonds is 10. The molecule has 4 heteroatoms. The van der Waals surface area contributed by atoms with Crippen molar-refractivity contribution < 1.29 is 19.0 Å². The number of esters is 1. The second-order valence-electron chi connectivity index (χ2n) is 3.75. The highest BCUT2D eigenvalue weighted by molar-refractivity contribution is 5.86. The molecular formula is C13H24O4. The quantitative estimate of drug-likeness (QED) is 0.256. The Morgan fingerprint density at radius 2 is 1.76 bits per heavy atom. The fourth-order valence-electron chi connectivity index (χ4n) is 1.29. The molecule has 0 bridgehead atoms. The fraction of sp³-hybridized carbons (Fsp3) is 0.769. The largest absolute Gasteiger partial charge is 0.462 e. The summed E-state index contributed by atoms with van der Waals surface area (Å²) >= 11 is 0. The Bertz CT molecular complexity index is 219. The maximum Gasteiger partial charge on any atom is 0.333 e. The highest BCUT2D eigenvalue weighted by Crippen LogP contribution is 2.07. The molecule has 4 nitrogen and oxygen atoms in total. The van der Waals surface area contributed by atoms with Crippen LogP contribution >= 0.6 is 0 Å². The minimum absolute atomic E-state index is 0.137. The van der Waals surface area contributed by atoms with Gasteiger partial charge in [-0.2, -0.15) is 0 Å². The van der Waals surface area contributed by atoms with Crippen LogP contribution in [0.2, 0.25) is 0 Å². The minimum atomic E-state index is -0.323. The maximum absolute atomic E-state index is 11.1. The normalized spacial score (nSPS) is 10.6. The van der Waals surface area contributed by atoms with E-state index < -0.39 is 0 Å². The lowest BCUT2D eigenvalue weighted by molar-refractivity contribution is -0.142. The van der Waals surface area contributed by atoms with Crippen molar-refractivity contribution in [1.82, 2.24) is 0 Å². The SMILES string of the molecule is C=C(C)C(=O)OCCCCC(OCC)OCC. The molecule has 0 aliphatic rings. The fourth-order valence-corrected chi connectivity index (χ4v) is 1.29. The van der Waals surface area contributed by atoms with E-state index in [1.165, 1.54) is 0 Å². The highest BCUT2D eigenvalue weighted by Gasteiger charge is 2.07. The van der Waals surface area contributed by atoms with Crippen LogP contribution in [0.1, 0.15) is 40.0 Å². The molecule has 0 unspecified atom stereocenters. The van der Waals surface area contributed by atoms with Crippen LogP contribution in [0.4, 0.5) is 0 Å². The van der Waals surface area contributed by atoms with Crippen molar-refractivity contribution in [1.29, 1.82) is 0 Å². The number of ether oxygens (including phenoxy) is 3. The average molecular weight is 244 g/mol. The Hall–Kier alpha value is -0.870. The number of carbonyl (C=O) groups excluding carboxylic acids is 1. The first-order chi connectivity index (χ1) is 8.11. The molecule has 0 heterocycles. The third-order valence-corrected chi connectivity index (χ3v) is 2.12. The maximum atomic E-state index is 11.1. The van der Waals surface area contributed by atoms with E-state index in [4.69, 9.17) is 14.2 Å². The number of hydrogen-bond acceptors (Lipinski definition) is 4. The zero-order valence-corrected chi connectivity index (χ0v) is 11.2. The summed E-state index contributed by atoms with van der Waals surface area (Å²) in [5.41, 5.74) is 0.437. The van der Waals surface area contributed by atoms with E-state index in [0.29, 0.717) is 25.4 Å². The van der Waals surface area contributed by atoms with Crippen molar-refractivity contribution in [3.05, 3.63) is 12.2 Å². The first-order valence-electron chi connectivity index (χ1n) is 6.17. The summed E-state index contributed by atoms with van der Waals surface area (Å²) in [6.45, 7) is 10.8. The van der Waals surface area contributed by atoms with Gasteiger partial charge in [0, 0.05) is 18.8 Å². The third kappa shape index (κ3) is 8.89. The van der Waals surface area contributed by atoms with E-state index >= 15 is 0 Å². The molecule has 0 radical (unpaired) electrons. The molecule has 0 amide bonds. The lowest BCUT2D eigenvalue weighted by Crippen LogP contribution is -2.17. The lowest BCUT2D eigenvalue weighted by atomic mass is 10.2. The van der Waals surface area contributed by atoms with Gasteiger partial charge in [0.25, 0.3) is 0 Å². The molecule has 100 valence electrons. The Morgan fingerprint density at radius 1 is 1.18 bits per heavy atom. The van der Waals surface area contributed by atoms with Gasteiger partial charge in [-0.15, -0.1) is 0 Å². The zero-order chi connectivity index (χ0) is 13.1. The first-order valence-corrected chi connectivity index (χ1v) is 6.17. The van der Waals surface area contributed by atoms with Crippen molar-refractivity contribution in [3.8, 4) is 0 Å². The van der Waals surface area contributed by atoms with E-state index in [1.54, 1.807) is 6.92 Å². The van der Waals surface area contributed by atoms with Gasteiger partial charge >= 0.3 is 5.97 Å². The van der Waals surface area contributed by atoms with Crippen molar-refractivity contribution in [3.63, 3.8) is 0 Å². The zero-order valence-electron chi connectivity index (χ0n) is 11.2. The van der Waals surface area contributed by atoms with E-state index in [0.717, 1.165) is 19.3 Å². The number of carbonyl (C=O) groups is 1. The molecule has 0 saturated heterocycles. The van der Waals surface area contributed by atoms with Gasteiger partial charge in [-0.3, -0.25) is 0 Å². The molecule has 0 aliphatic heterocycles. The van der Waals surface area contributed by atoms with Crippen LogP contribution < -0.4 is 0 Å².